The van der Waals surface area contributed by atoms with E-state index < -0.39 is 0 Å². The van der Waals surface area contributed by atoms with Crippen LogP contribution in [0.25, 0.3) is 0 Å². The molecule has 0 aliphatic carbocycles. The zero-order valence-electron chi connectivity index (χ0n) is 11.7. The van der Waals surface area contributed by atoms with Crippen molar-refractivity contribution in [2.75, 3.05) is 13.7 Å². The number of methoxy groups -OCH3 is 1. The molecule has 2 aromatic rings. The van der Waals surface area contributed by atoms with Crippen LogP contribution in [0.2, 0.25) is 5.02 Å². The normalized spacial score (nSPS) is 10.5. The summed E-state index contributed by atoms with van der Waals surface area (Å²) in [6.45, 7) is 1.70. The van der Waals surface area contributed by atoms with Crippen molar-refractivity contribution >= 4 is 11.6 Å². The van der Waals surface area contributed by atoms with Gasteiger partial charge in [0.1, 0.15) is 5.75 Å². The Labute approximate surface area is 125 Å². The van der Waals surface area contributed by atoms with Gasteiger partial charge in [0, 0.05) is 17.1 Å². The number of nitrogens with one attached hydrogen (secondary N) is 1. The van der Waals surface area contributed by atoms with Crippen molar-refractivity contribution in [3.8, 4) is 5.75 Å². The Balaban J connectivity index is 1.76. The van der Waals surface area contributed by atoms with Crippen molar-refractivity contribution in [3.63, 3.8) is 0 Å². The van der Waals surface area contributed by atoms with Crippen molar-refractivity contribution in [2.24, 2.45) is 0 Å². The first kappa shape index (κ1) is 14.9. The molecule has 2 nitrogen and oxygen atoms in total. The maximum Gasteiger partial charge on any atom is 0.124 e. The molecule has 0 amide bonds. The summed E-state index contributed by atoms with van der Waals surface area (Å²) in [4.78, 5) is 0. The van der Waals surface area contributed by atoms with Crippen molar-refractivity contribution in [3.05, 3.63) is 64.7 Å². The molecule has 106 valence electrons. The first-order valence-electron chi connectivity index (χ1n) is 6.87. The molecule has 2 aromatic carbocycles. The highest BCUT2D eigenvalue weighted by atomic mass is 35.5. The monoisotopic (exact) mass is 289 g/mol. The highest BCUT2D eigenvalue weighted by Crippen LogP contribution is 2.25. The van der Waals surface area contributed by atoms with Gasteiger partial charge in [-0.15, -0.1) is 0 Å². The van der Waals surface area contributed by atoms with Crippen LogP contribution in [0.1, 0.15) is 17.5 Å². The second kappa shape index (κ2) is 7.93. The second-order valence-corrected chi connectivity index (χ2v) is 5.09. The summed E-state index contributed by atoms with van der Waals surface area (Å²) in [6, 6.07) is 16.3. The maximum absolute atomic E-state index is 6.20. The molecule has 0 spiro atoms. The third-order valence-electron chi connectivity index (χ3n) is 3.26. The largest absolute Gasteiger partial charge is 0.496 e. The molecule has 0 radical (unpaired) electrons. The average Bonchev–Trinajstić information content (AvgIpc) is 2.49. The van der Waals surface area contributed by atoms with Gasteiger partial charge in [0.25, 0.3) is 0 Å². The van der Waals surface area contributed by atoms with Crippen LogP contribution in [0.4, 0.5) is 0 Å². The minimum absolute atomic E-state index is 0.734. The first-order valence-corrected chi connectivity index (χ1v) is 7.25. The fourth-order valence-electron chi connectivity index (χ4n) is 2.18. The van der Waals surface area contributed by atoms with Crippen LogP contribution >= 0.6 is 11.6 Å². The molecular weight excluding hydrogens is 270 g/mol. The molecular formula is C17H20ClNO. The lowest BCUT2D eigenvalue weighted by Gasteiger charge is -2.11. The van der Waals surface area contributed by atoms with E-state index in [0.717, 1.165) is 42.3 Å². The minimum atomic E-state index is 0.734. The Hall–Kier alpha value is -1.51. The molecule has 0 saturated heterocycles. The van der Waals surface area contributed by atoms with E-state index >= 15 is 0 Å². The average molecular weight is 290 g/mol. The fourth-order valence-corrected chi connectivity index (χ4v) is 2.41. The molecule has 2 rings (SSSR count). The molecule has 1 N–H and O–H groups in total. The fraction of sp³-hybridized carbons (Fsp3) is 0.294. The Morgan fingerprint density at radius 3 is 2.60 bits per heavy atom. The summed E-state index contributed by atoms with van der Waals surface area (Å²) in [5.41, 5.74) is 2.40. The van der Waals surface area contributed by atoms with Crippen LogP contribution in [0, 0.1) is 0 Å². The van der Waals surface area contributed by atoms with Crippen LogP contribution in [0.3, 0.4) is 0 Å². The maximum atomic E-state index is 6.20. The summed E-state index contributed by atoms with van der Waals surface area (Å²) >= 11 is 6.20. The van der Waals surface area contributed by atoms with Crippen LogP contribution < -0.4 is 10.1 Å². The van der Waals surface area contributed by atoms with Crippen LogP contribution in [-0.4, -0.2) is 13.7 Å². The highest BCUT2D eigenvalue weighted by Gasteiger charge is 2.06. The number of aryl methyl sites for hydroxylation is 1. The summed E-state index contributed by atoms with van der Waals surface area (Å²) < 4.78 is 5.33. The molecule has 0 saturated carbocycles. The summed E-state index contributed by atoms with van der Waals surface area (Å²) in [5, 5.41) is 4.17. The molecule has 0 bridgehead atoms. The quantitative estimate of drug-likeness (QED) is 0.776. The summed E-state index contributed by atoms with van der Waals surface area (Å²) in [7, 11) is 1.67. The number of benzene rings is 2. The lowest BCUT2D eigenvalue weighted by Crippen LogP contribution is -2.16. The standard InChI is InChI=1S/C17H20ClNO/c1-20-17-11-5-10-16(18)15(17)13-19-12-6-9-14-7-3-2-4-8-14/h2-5,7-8,10-11,19H,6,9,12-13H2,1H3. The van der Waals surface area contributed by atoms with E-state index in [0.29, 0.717) is 0 Å². The number of hydrogen-bond acceptors (Lipinski definition) is 2. The lowest BCUT2D eigenvalue weighted by molar-refractivity contribution is 0.407. The zero-order chi connectivity index (χ0) is 14.2. The Bertz CT molecular complexity index is 528. The van der Waals surface area contributed by atoms with Gasteiger partial charge in [0.15, 0.2) is 0 Å². The Kier molecular flexibility index (Phi) is 5.90. The molecule has 3 heteroatoms. The molecule has 0 fully saturated rings. The summed E-state index contributed by atoms with van der Waals surface area (Å²) in [5.74, 6) is 0.841. The van der Waals surface area contributed by atoms with E-state index in [9.17, 15) is 0 Å². The molecule has 0 heterocycles. The molecule has 0 unspecified atom stereocenters. The van der Waals surface area contributed by atoms with E-state index in [1.54, 1.807) is 7.11 Å². The molecule has 0 aliphatic heterocycles. The third kappa shape index (κ3) is 4.26. The van der Waals surface area contributed by atoms with Gasteiger partial charge in [-0.3, -0.25) is 0 Å². The molecule has 0 aliphatic rings. The van der Waals surface area contributed by atoms with Gasteiger partial charge >= 0.3 is 0 Å². The highest BCUT2D eigenvalue weighted by molar-refractivity contribution is 6.31. The molecule has 20 heavy (non-hydrogen) atoms. The van der Waals surface area contributed by atoms with E-state index in [1.165, 1.54) is 5.56 Å². The van der Waals surface area contributed by atoms with Crippen molar-refractivity contribution < 1.29 is 4.74 Å². The van der Waals surface area contributed by atoms with Gasteiger partial charge in [-0.05, 0) is 37.1 Å². The van der Waals surface area contributed by atoms with Crippen LogP contribution in [0.15, 0.2) is 48.5 Å². The number of ether oxygens (including phenoxy) is 1. The number of halogens is 1. The van der Waals surface area contributed by atoms with Gasteiger partial charge in [-0.1, -0.05) is 48.0 Å². The number of rotatable bonds is 7. The smallest absolute Gasteiger partial charge is 0.124 e. The topological polar surface area (TPSA) is 21.3 Å². The molecule has 0 aromatic heterocycles. The van der Waals surface area contributed by atoms with E-state index in [2.05, 4.69) is 29.6 Å². The van der Waals surface area contributed by atoms with Gasteiger partial charge < -0.3 is 10.1 Å². The SMILES string of the molecule is COc1cccc(Cl)c1CNCCCc1ccccc1. The predicted molar refractivity (Wildman–Crippen MR) is 84.5 cm³/mol. The third-order valence-corrected chi connectivity index (χ3v) is 3.61. The van der Waals surface area contributed by atoms with Gasteiger partial charge in [0.05, 0.1) is 7.11 Å². The van der Waals surface area contributed by atoms with Gasteiger partial charge in [-0.2, -0.15) is 0 Å². The van der Waals surface area contributed by atoms with E-state index in [1.807, 2.05) is 24.3 Å². The van der Waals surface area contributed by atoms with Gasteiger partial charge in [0.2, 0.25) is 0 Å². The van der Waals surface area contributed by atoms with Gasteiger partial charge in [-0.25, -0.2) is 0 Å². The van der Waals surface area contributed by atoms with Crippen molar-refractivity contribution in [1.29, 1.82) is 0 Å². The second-order valence-electron chi connectivity index (χ2n) is 4.69. The first-order chi connectivity index (χ1) is 9.81. The zero-order valence-corrected chi connectivity index (χ0v) is 12.5. The lowest BCUT2D eigenvalue weighted by atomic mass is 10.1. The minimum Gasteiger partial charge on any atom is -0.496 e. The van der Waals surface area contributed by atoms with Crippen LogP contribution in [0.5, 0.6) is 5.75 Å². The van der Waals surface area contributed by atoms with E-state index in [-0.39, 0.29) is 0 Å². The number of hydrogen-bond donors (Lipinski definition) is 1. The van der Waals surface area contributed by atoms with E-state index in [4.69, 9.17) is 16.3 Å². The van der Waals surface area contributed by atoms with Crippen molar-refractivity contribution in [2.45, 2.75) is 19.4 Å². The molecule has 0 atom stereocenters. The predicted octanol–water partition coefficient (Wildman–Crippen LogP) is 4.07. The summed E-state index contributed by atoms with van der Waals surface area (Å²) in [6.07, 6.45) is 2.20. The Morgan fingerprint density at radius 1 is 1.05 bits per heavy atom. The van der Waals surface area contributed by atoms with Crippen molar-refractivity contribution in [1.82, 2.24) is 5.32 Å². The Morgan fingerprint density at radius 2 is 1.85 bits per heavy atom. The van der Waals surface area contributed by atoms with Crippen LogP contribution in [-0.2, 0) is 13.0 Å².